The maximum atomic E-state index is 11.2. The highest BCUT2D eigenvalue weighted by atomic mass is 32.1. The molecule has 1 aromatic rings. The van der Waals surface area contributed by atoms with Crippen molar-refractivity contribution >= 4 is 17.4 Å². The van der Waals surface area contributed by atoms with Crippen molar-refractivity contribution in [2.45, 2.75) is 6.92 Å². The number of rotatable bonds is 0. The minimum atomic E-state index is -0.225. The van der Waals surface area contributed by atoms with E-state index in [9.17, 15) is 4.79 Å². The molecule has 0 aliphatic carbocycles. The summed E-state index contributed by atoms with van der Waals surface area (Å²) in [6.07, 6.45) is 0. The van der Waals surface area contributed by atoms with Crippen molar-refractivity contribution in [1.29, 1.82) is 0 Å². The molecule has 1 aromatic heterocycles. The molecular formula is C8H13N3OS. The Morgan fingerprint density at radius 3 is 2.62 bits per heavy atom. The Balaban J connectivity index is 3.08. The van der Waals surface area contributed by atoms with E-state index in [1.165, 1.54) is 16.2 Å². The molecule has 1 rings (SSSR count). The fourth-order valence-electron chi connectivity index (χ4n) is 0.730. The summed E-state index contributed by atoms with van der Waals surface area (Å²) in [5.41, 5.74) is 1.11. The molecule has 72 valence electrons. The van der Waals surface area contributed by atoms with Crippen LogP contribution < -0.4 is 4.80 Å². The third-order valence-electron chi connectivity index (χ3n) is 1.72. The molecule has 0 bridgehead atoms. The lowest BCUT2D eigenvalue weighted by molar-refractivity contribution is 0.226. The fourth-order valence-corrected chi connectivity index (χ4v) is 1.60. The molecule has 0 saturated heterocycles. The first-order valence-corrected chi connectivity index (χ1v) is 4.77. The predicted octanol–water partition coefficient (Wildman–Crippen LogP) is 0.977. The molecule has 0 aliphatic rings. The van der Waals surface area contributed by atoms with Crippen LogP contribution >= 0.6 is 11.3 Å². The van der Waals surface area contributed by atoms with Crippen molar-refractivity contribution in [3.63, 3.8) is 0 Å². The van der Waals surface area contributed by atoms with Crippen molar-refractivity contribution < 1.29 is 4.79 Å². The molecule has 5 heteroatoms. The Kier molecular flexibility index (Phi) is 2.87. The lowest BCUT2D eigenvalue weighted by Gasteiger charge is -2.03. The molecular weight excluding hydrogens is 186 g/mol. The van der Waals surface area contributed by atoms with E-state index >= 15 is 0 Å². The molecule has 0 N–H and O–H groups in total. The number of hydrogen-bond donors (Lipinski definition) is 0. The first-order valence-electron chi connectivity index (χ1n) is 3.89. The van der Waals surface area contributed by atoms with E-state index in [4.69, 9.17) is 0 Å². The summed E-state index contributed by atoms with van der Waals surface area (Å²) in [5, 5.41) is 1.97. The van der Waals surface area contributed by atoms with Crippen molar-refractivity contribution in [3.8, 4) is 0 Å². The summed E-state index contributed by atoms with van der Waals surface area (Å²) in [7, 11) is 5.27. The molecule has 1 heterocycles. The van der Waals surface area contributed by atoms with Crippen LogP contribution in [0.4, 0.5) is 4.79 Å². The van der Waals surface area contributed by atoms with Crippen molar-refractivity contribution in [1.82, 2.24) is 9.47 Å². The molecule has 0 atom stereocenters. The monoisotopic (exact) mass is 199 g/mol. The highest BCUT2D eigenvalue weighted by Crippen LogP contribution is 1.96. The van der Waals surface area contributed by atoms with Crippen LogP contribution in [0.25, 0.3) is 0 Å². The summed E-state index contributed by atoms with van der Waals surface area (Å²) >= 11 is 1.47. The number of urea groups is 1. The first kappa shape index (κ1) is 9.98. The predicted molar refractivity (Wildman–Crippen MR) is 52.7 cm³/mol. The minimum Gasteiger partial charge on any atom is -0.329 e. The van der Waals surface area contributed by atoms with Gasteiger partial charge in [-0.3, -0.25) is 0 Å². The van der Waals surface area contributed by atoms with E-state index in [-0.39, 0.29) is 6.03 Å². The van der Waals surface area contributed by atoms with Gasteiger partial charge >= 0.3 is 6.03 Å². The van der Waals surface area contributed by atoms with E-state index in [0.717, 1.165) is 10.5 Å². The SMILES string of the molecule is Cc1csc(=NC(=O)N(C)C)n1C. The zero-order valence-corrected chi connectivity index (χ0v) is 9.05. The van der Waals surface area contributed by atoms with Crippen molar-refractivity contribution in [3.05, 3.63) is 15.9 Å². The first-order chi connectivity index (χ1) is 6.02. The molecule has 2 amide bonds. The Hall–Kier alpha value is -1.10. The molecule has 0 spiro atoms. The van der Waals surface area contributed by atoms with Crippen LogP contribution in [-0.2, 0) is 7.05 Å². The summed E-state index contributed by atoms with van der Waals surface area (Å²) in [4.78, 5) is 17.4. The second-order valence-corrected chi connectivity index (χ2v) is 3.84. The van der Waals surface area contributed by atoms with E-state index in [1.54, 1.807) is 14.1 Å². The van der Waals surface area contributed by atoms with Gasteiger partial charge in [0.25, 0.3) is 0 Å². The van der Waals surface area contributed by atoms with E-state index < -0.39 is 0 Å². The molecule has 0 fully saturated rings. The fraction of sp³-hybridized carbons (Fsp3) is 0.500. The quantitative estimate of drug-likeness (QED) is 0.613. The number of carbonyl (C=O) groups excluding carboxylic acids is 1. The van der Waals surface area contributed by atoms with Gasteiger partial charge in [0.2, 0.25) is 0 Å². The number of thiazole rings is 1. The van der Waals surface area contributed by atoms with E-state index in [1.807, 2.05) is 23.9 Å². The summed E-state index contributed by atoms with van der Waals surface area (Å²) in [6, 6.07) is -0.225. The number of carbonyl (C=O) groups is 1. The zero-order chi connectivity index (χ0) is 10.0. The van der Waals surface area contributed by atoms with Crippen LogP contribution in [-0.4, -0.2) is 29.6 Å². The smallest absolute Gasteiger partial charge is 0.329 e. The number of hydrogen-bond acceptors (Lipinski definition) is 2. The number of amides is 2. The average Bonchev–Trinajstić information content (AvgIpc) is 2.36. The minimum absolute atomic E-state index is 0.225. The normalized spacial score (nSPS) is 11.8. The maximum Gasteiger partial charge on any atom is 0.345 e. The second-order valence-electron chi connectivity index (χ2n) is 3.01. The molecule has 4 nitrogen and oxygen atoms in total. The van der Waals surface area contributed by atoms with Gasteiger partial charge in [-0.15, -0.1) is 11.3 Å². The molecule has 0 unspecified atom stereocenters. The Bertz CT molecular complexity index is 375. The van der Waals surface area contributed by atoms with Gasteiger partial charge in [-0.05, 0) is 6.92 Å². The van der Waals surface area contributed by atoms with Crippen LogP contribution in [0.1, 0.15) is 5.69 Å². The zero-order valence-electron chi connectivity index (χ0n) is 8.24. The Labute approximate surface area is 81.1 Å². The average molecular weight is 199 g/mol. The van der Waals surface area contributed by atoms with Gasteiger partial charge in [0.05, 0.1) is 0 Å². The number of aryl methyl sites for hydroxylation is 1. The highest BCUT2D eigenvalue weighted by molar-refractivity contribution is 7.07. The van der Waals surface area contributed by atoms with Gasteiger partial charge in [-0.25, -0.2) is 4.79 Å². The maximum absolute atomic E-state index is 11.2. The van der Waals surface area contributed by atoms with Crippen molar-refractivity contribution in [2.24, 2.45) is 12.0 Å². The van der Waals surface area contributed by atoms with Gasteiger partial charge in [-0.2, -0.15) is 4.99 Å². The van der Waals surface area contributed by atoms with Crippen LogP contribution in [0.2, 0.25) is 0 Å². The van der Waals surface area contributed by atoms with Gasteiger partial charge in [0, 0.05) is 32.2 Å². The molecule has 13 heavy (non-hydrogen) atoms. The number of nitrogens with zero attached hydrogens (tertiary/aromatic N) is 3. The van der Waals surface area contributed by atoms with Gasteiger partial charge in [-0.1, -0.05) is 0 Å². The van der Waals surface area contributed by atoms with Crippen LogP contribution in [0.3, 0.4) is 0 Å². The van der Waals surface area contributed by atoms with Gasteiger partial charge < -0.3 is 9.47 Å². The molecule has 0 saturated carbocycles. The van der Waals surface area contributed by atoms with E-state index in [2.05, 4.69) is 4.99 Å². The standard InChI is InChI=1S/C8H13N3OS/c1-6-5-13-8(11(6)4)9-7(12)10(2)3/h5H,1-4H3. The largest absolute Gasteiger partial charge is 0.345 e. The van der Waals surface area contributed by atoms with Crippen LogP contribution in [0.15, 0.2) is 10.4 Å². The molecule has 0 aliphatic heterocycles. The lowest BCUT2D eigenvalue weighted by Crippen LogP contribution is -2.22. The molecule has 0 radical (unpaired) electrons. The third-order valence-corrected chi connectivity index (χ3v) is 2.76. The lowest BCUT2D eigenvalue weighted by atomic mass is 10.6. The Morgan fingerprint density at radius 1 is 1.62 bits per heavy atom. The van der Waals surface area contributed by atoms with E-state index in [0.29, 0.717) is 0 Å². The third kappa shape index (κ3) is 2.18. The highest BCUT2D eigenvalue weighted by Gasteiger charge is 2.01. The summed E-state index contributed by atoms with van der Waals surface area (Å²) in [6.45, 7) is 1.98. The number of aromatic nitrogens is 1. The second kappa shape index (κ2) is 3.74. The Morgan fingerprint density at radius 2 is 2.23 bits per heavy atom. The summed E-state index contributed by atoms with van der Waals surface area (Å²) in [5.74, 6) is 0. The van der Waals surface area contributed by atoms with Crippen LogP contribution in [0.5, 0.6) is 0 Å². The van der Waals surface area contributed by atoms with Gasteiger partial charge in [0.15, 0.2) is 4.80 Å². The van der Waals surface area contributed by atoms with Crippen molar-refractivity contribution in [2.75, 3.05) is 14.1 Å². The van der Waals surface area contributed by atoms with Crippen LogP contribution in [0, 0.1) is 6.92 Å². The van der Waals surface area contributed by atoms with Gasteiger partial charge in [0.1, 0.15) is 0 Å². The topological polar surface area (TPSA) is 37.6 Å². The molecule has 0 aromatic carbocycles. The summed E-state index contributed by atoms with van der Waals surface area (Å²) < 4.78 is 1.89.